The zero-order valence-corrected chi connectivity index (χ0v) is 11.5. The Morgan fingerprint density at radius 3 is 2.74 bits per heavy atom. The molecule has 2 rings (SSSR count). The van der Waals surface area contributed by atoms with Crippen LogP contribution in [0.4, 0.5) is 0 Å². The number of aromatic nitrogens is 2. The molecule has 0 fully saturated rings. The van der Waals surface area contributed by atoms with Gasteiger partial charge in [0.25, 0.3) is 0 Å². The lowest BCUT2D eigenvalue weighted by Crippen LogP contribution is -2.17. The molecule has 4 heteroatoms. The van der Waals surface area contributed by atoms with Crippen molar-refractivity contribution in [2.45, 2.75) is 26.4 Å². The highest BCUT2D eigenvalue weighted by Gasteiger charge is 2.03. The third-order valence-corrected chi connectivity index (χ3v) is 3.04. The van der Waals surface area contributed by atoms with Crippen molar-refractivity contribution in [3.8, 4) is 5.75 Å². The van der Waals surface area contributed by atoms with Crippen LogP contribution in [-0.4, -0.2) is 22.9 Å². The van der Waals surface area contributed by atoms with E-state index >= 15 is 0 Å². The number of ether oxygens (including phenoxy) is 1. The minimum Gasteiger partial charge on any atom is -0.492 e. The first kappa shape index (κ1) is 13.6. The molecule has 0 saturated heterocycles. The van der Waals surface area contributed by atoms with Crippen molar-refractivity contribution in [2.75, 3.05) is 13.2 Å². The molecule has 1 unspecified atom stereocenters. The highest BCUT2D eigenvalue weighted by atomic mass is 16.5. The summed E-state index contributed by atoms with van der Waals surface area (Å²) in [5.41, 5.74) is 1.28. The Bertz CT molecular complexity index is 465. The van der Waals surface area contributed by atoms with Crippen molar-refractivity contribution in [1.29, 1.82) is 0 Å². The zero-order valence-electron chi connectivity index (χ0n) is 11.5. The first-order valence-corrected chi connectivity index (χ1v) is 6.73. The Kier molecular flexibility index (Phi) is 4.98. The van der Waals surface area contributed by atoms with E-state index in [0.29, 0.717) is 12.6 Å². The zero-order chi connectivity index (χ0) is 13.5. The van der Waals surface area contributed by atoms with Gasteiger partial charge < -0.3 is 10.1 Å². The summed E-state index contributed by atoms with van der Waals surface area (Å²) in [4.78, 5) is 0. The summed E-state index contributed by atoms with van der Waals surface area (Å²) in [5, 5.41) is 7.52. The van der Waals surface area contributed by atoms with E-state index in [0.717, 1.165) is 18.8 Å². The molecule has 0 spiro atoms. The summed E-state index contributed by atoms with van der Waals surface area (Å²) < 4.78 is 7.56. The van der Waals surface area contributed by atoms with E-state index in [-0.39, 0.29) is 0 Å². The minimum absolute atomic E-state index is 0.378. The maximum absolute atomic E-state index is 5.69. The molecule has 1 heterocycles. The van der Waals surface area contributed by atoms with Gasteiger partial charge in [0.2, 0.25) is 0 Å². The summed E-state index contributed by atoms with van der Waals surface area (Å²) >= 11 is 0. The normalized spacial score (nSPS) is 12.3. The van der Waals surface area contributed by atoms with E-state index < -0.39 is 0 Å². The minimum atomic E-state index is 0.378. The summed E-state index contributed by atoms with van der Waals surface area (Å²) in [7, 11) is 0. The second kappa shape index (κ2) is 6.95. The van der Waals surface area contributed by atoms with Gasteiger partial charge in [0.15, 0.2) is 0 Å². The average Bonchev–Trinajstić information content (AvgIpc) is 2.93. The van der Waals surface area contributed by atoms with E-state index in [9.17, 15) is 0 Å². The Morgan fingerprint density at radius 1 is 1.32 bits per heavy atom. The van der Waals surface area contributed by atoms with Gasteiger partial charge in [-0.3, -0.25) is 4.68 Å². The summed E-state index contributed by atoms with van der Waals surface area (Å²) in [6.45, 7) is 6.65. The molecule has 0 aliphatic carbocycles. The van der Waals surface area contributed by atoms with E-state index in [4.69, 9.17) is 4.74 Å². The lowest BCUT2D eigenvalue weighted by atomic mass is 10.1. The van der Waals surface area contributed by atoms with Gasteiger partial charge >= 0.3 is 0 Å². The summed E-state index contributed by atoms with van der Waals surface area (Å²) in [6.07, 6.45) is 3.71. The summed E-state index contributed by atoms with van der Waals surface area (Å²) in [6, 6.07) is 10.5. The van der Waals surface area contributed by atoms with E-state index in [1.54, 1.807) is 6.20 Å². The fourth-order valence-electron chi connectivity index (χ4n) is 1.97. The molecule has 0 bridgehead atoms. The lowest BCUT2D eigenvalue weighted by Gasteiger charge is -2.13. The molecular weight excluding hydrogens is 238 g/mol. The van der Waals surface area contributed by atoms with Gasteiger partial charge in [-0.2, -0.15) is 5.10 Å². The molecule has 2 aromatic rings. The highest BCUT2D eigenvalue weighted by Crippen LogP contribution is 2.17. The predicted octanol–water partition coefficient (Wildman–Crippen LogP) is 2.63. The standard InChI is InChI=1S/C15H21N3O/c1-3-16-13(2)14-5-7-15(8-6-14)19-12-11-18-10-4-9-17-18/h4-10,13,16H,3,11-12H2,1-2H3. The van der Waals surface area contributed by atoms with Gasteiger partial charge in [0.1, 0.15) is 12.4 Å². The van der Waals surface area contributed by atoms with E-state index in [1.165, 1.54) is 5.56 Å². The number of benzene rings is 1. The second-order valence-corrected chi connectivity index (χ2v) is 4.47. The van der Waals surface area contributed by atoms with Gasteiger partial charge in [-0.1, -0.05) is 19.1 Å². The Morgan fingerprint density at radius 2 is 2.11 bits per heavy atom. The Hall–Kier alpha value is -1.81. The van der Waals surface area contributed by atoms with Crippen molar-refractivity contribution in [3.63, 3.8) is 0 Å². The molecule has 1 atom stereocenters. The third kappa shape index (κ3) is 4.10. The van der Waals surface area contributed by atoms with Crippen LogP contribution in [0.25, 0.3) is 0 Å². The molecule has 102 valence electrons. The predicted molar refractivity (Wildman–Crippen MR) is 76.3 cm³/mol. The molecule has 1 N–H and O–H groups in total. The van der Waals surface area contributed by atoms with E-state index in [1.807, 2.05) is 29.1 Å². The number of nitrogens with one attached hydrogen (secondary N) is 1. The maximum Gasteiger partial charge on any atom is 0.119 e. The van der Waals surface area contributed by atoms with Crippen molar-refractivity contribution in [3.05, 3.63) is 48.3 Å². The Labute approximate surface area is 114 Å². The third-order valence-electron chi connectivity index (χ3n) is 3.04. The van der Waals surface area contributed by atoms with Gasteiger partial charge in [-0.05, 0) is 37.2 Å². The average molecular weight is 259 g/mol. The van der Waals surface area contributed by atoms with Crippen molar-refractivity contribution >= 4 is 0 Å². The number of hydrogen-bond acceptors (Lipinski definition) is 3. The van der Waals surface area contributed by atoms with Crippen LogP contribution in [0.2, 0.25) is 0 Å². The van der Waals surface area contributed by atoms with Crippen LogP contribution in [0, 0.1) is 0 Å². The molecule has 19 heavy (non-hydrogen) atoms. The number of rotatable bonds is 7. The monoisotopic (exact) mass is 259 g/mol. The molecule has 0 aliphatic heterocycles. The SMILES string of the molecule is CCNC(C)c1ccc(OCCn2cccn2)cc1. The fraction of sp³-hybridized carbons (Fsp3) is 0.400. The first-order valence-electron chi connectivity index (χ1n) is 6.73. The molecule has 4 nitrogen and oxygen atoms in total. The summed E-state index contributed by atoms with van der Waals surface area (Å²) in [5.74, 6) is 0.902. The van der Waals surface area contributed by atoms with Gasteiger partial charge in [-0.25, -0.2) is 0 Å². The van der Waals surface area contributed by atoms with Crippen molar-refractivity contribution in [2.24, 2.45) is 0 Å². The van der Waals surface area contributed by atoms with Crippen LogP contribution in [0.15, 0.2) is 42.7 Å². The largest absolute Gasteiger partial charge is 0.492 e. The second-order valence-electron chi connectivity index (χ2n) is 4.47. The van der Waals surface area contributed by atoms with Gasteiger partial charge in [-0.15, -0.1) is 0 Å². The van der Waals surface area contributed by atoms with Crippen LogP contribution in [-0.2, 0) is 6.54 Å². The molecule has 0 radical (unpaired) electrons. The van der Waals surface area contributed by atoms with Gasteiger partial charge in [0.05, 0.1) is 6.54 Å². The molecule has 0 amide bonds. The van der Waals surface area contributed by atoms with Crippen LogP contribution in [0.3, 0.4) is 0 Å². The van der Waals surface area contributed by atoms with Crippen molar-refractivity contribution < 1.29 is 4.74 Å². The quantitative estimate of drug-likeness (QED) is 0.831. The molecular formula is C15H21N3O. The first-order chi connectivity index (χ1) is 9.29. The molecule has 1 aromatic heterocycles. The number of hydrogen-bond donors (Lipinski definition) is 1. The smallest absolute Gasteiger partial charge is 0.119 e. The van der Waals surface area contributed by atoms with Crippen LogP contribution < -0.4 is 10.1 Å². The number of nitrogens with zero attached hydrogens (tertiary/aromatic N) is 2. The van der Waals surface area contributed by atoms with Crippen molar-refractivity contribution in [1.82, 2.24) is 15.1 Å². The van der Waals surface area contributed by atoms with E-state index in [2.05, 4.69) is 36.4 Å². The topological polar surface area (TPSA) is 39.1 Å². The lowest BCUT2D eigenvalue weighted by molar-refractivity contribution is 0.291. The van der Waals surface area contributed by atoms with Gasteiger partial charge in [0, 0.05) is 18.4 Å². The maximum atomic E-state index is 5.69. The van der Waals surface area contributed by atoms with Crippen LogP contribution in [0.5, 0.6) is 5.75 Å². The molecule has 1 aromatic carbocycles. The van der Waals surface area contributed by atoms with Crippen LogP contribution in [0.1, 0.15) is 25.5 Å². The highest BCUT2D eigenvalue weighted by molar-refractivity contribution is 5.28. The Balaban J connectivity index is 1.81. The molecule has 0 aliphatic rings. The molecule has 0 saturated carbocycles. The van der Waals surface area contributed by atoms with Crippen LogP contribution >= 0.6 is 0 Å². The fourth-order valence-corrected chi connectivity index (χ4v) is 1.97.